The number of methoxy groups -OCH3 is 2. The van der Waals surface area contributed by atoms with Gasteiger partial charge in [-0.15, -0.1) is 0 Å². The van der Waals surface area contributed by atoms with E-state index >= 15 is 0 Å². The number of nitrogens with zero attached hydrogens (tertiary/aromatic N) is 4. The number of aromatic nitrogens is 3. The molecule has 8 heteroatoms. The van der Waals surface area contributed by atoms with Crippen LogP contribution in [0.1, 0.15) is 30.9 Å². The number of carbonyl (C=O) groups is 1. The van der Waals surface area contributed by atoms with E-state index < -0.39 is 0 Å². The van der Waals surface area contributed by atoms with Gasteiger partial charge in [-0.3, -0.25) is 14.6 Å². The third kappa shape index (κ3) is 3.60. The molecule has 1 fully saturated rings. The van der Waals surface area contributed by atoms with Gasteiger partial charge in [-0.05, 0) is 43.0 Å². The highest BCUT2D eigenvalue weighted by atomic mass is 16.5. The summed E-state index contributed by atoms with van der Waals surface area (Å²) < 4.78 is 11.9. The molecule has 4 rings (SSSR count). The average Bonchev–Trinajstić information content (AvgIpc) is 2.80. The number of carbonyl (C=O) groups excluding carboxylic acids is 1. The molecule has 0 N–H and O–H groups in total. The summed E-state index contributed by atoms with van der Waals surface area (Å²) >= 11 is 0. The molecule has 0 saturated carbocycles. The Labute approximate surface area is 174 Å². The number of piperidine rings is 1. The predicted molar refractivity (Wildman–Crippen MR) is 112 cm³/mol. The van der Waals surface area contributed by atoms with E-state index in [1.54, 1.807) is 30.7 Å². The van der Waals surface area contributed by atoms with Gasteiger partial charge in [0.1, 0.15) is 6.54 Å². The molecule has 0 spiro atoms. The van der Waals surface area contributed by atoms with Gasteiger partial charge in [0.15, 0.2) is 11.5 Å². The van der Waals surface area contributed by atoms with Gasteiger partial charge in [-0.25, -0.2) is 4.68 Å². The Morgan fingerprint density at radius 1 is 1.17 bits per heavy atom. The third-order valence-electron chi connectivity index (χ3n) is 5.54. The second-order valence-corrected chi connectivity index (χ2v) is 7.26. The molecule has 1 atom stereocenters. The number of fused-ring (bicyclic) bond motifs is 1. The summed E-state index contributed by atoms with van der Waals surface area (Å²) in [5.41, 5.74) is 0.627. The van der Waals surface area contributed by atoms with Crippen LogP contribution >= 0.6 is 0 Å². The second kappa shape index (κ2) is 8.52. The summed E-state index contributed by atoms with van der Waals surface area (Å²) in [5.74, 6) is 0.660. The van der Waals surface area contributed by atoms with Crippen molar-refractivity contribution >= 4 is 16.7 Å². The maximum atomic E-state index is 13.2. The largest absolute Gasteiger partial charge is 0.493 e. The number of benzene rings is 1. The van der Waals surface area contributed by atoms with E-state index in [2.05, 4.69) is 10.1 Å². The summed E-state index contributed by atoms with van der Waals surface area (Å²) in [6, 6.07) is 7.30. The van der Waals surface area contributed by atoms with Crippen LogP contribution in [0.3, 0.4) is 0 Å². The Balaban J connectivity index is 1.67. The fraction of sp³-hybridized carbons (Fsp3) is 0.364. The van der Waals surface area contributed by atoms with Crippen LogP contribution in [0.25, 0.3) is 10.8 Å². The fourth-order valence-electron chi connectivity index (χ4n) is 4.07. The molecule has 0 aliphatic carbocycles. The van der Waals surface area contributed by atoms with Crippen LogP contribution in [0.4, 0.5) is 0 Å². The van der Waals surface area contributed by atoms with Crippen LogP contribution in [0, 0.1) is 0 Å². The van der Waals surface area contributed by atoms with E-state index in [-0.39, 0.29) is 24.1 Å². The van der Waals surface area contributed by atoms with Crippen molar-refractivity contribution < 1.29 is 14.3 Å². The zero-order valence-electron chi connectivity index (χ0n) is 17.1. The van der Waals surface area contributed by atoms with Gasteiger partial charge in [0.2, 0.25) is 5.91 Å². The standard InChI is InChI=1S/C22H24N4O4/c1-29-18-9-8-16-13-24-26(22(28)20(16)21(18)30-2)14-19(27)25-11-4-3-7-17(25)15-6-5-10-23-12-15/h5-6,8-10,12-13,17H,3-4,7,11,14H2,1-2H3/t17-/m1/s1. The molecule has 0 unspecified atom stereocenters. The third-order valence-corrected chi connectivity index (χ3v) is 5.54. The summed E-state index contributed by atoms with van der Waals surface area (Å²) in [6.45, 7) is 0.518. The van der Waals surface area contributed by atoms with Crippen LogP contribution < -0.4 is 15.0 Å². The number of pyridine rings is 1. The lowest BCUT2D eigenvalue weighted by atomic mass is 9.96. The van der Waals surface area contributed by atoms with E-state index in [0.717, 1.165) is 24.8 Å². The van der Waals surface area contributed by atoms with Crippen molar-refractivity contribution in [2.75, 3.05) is 20.8 Å². The molecule has 30 heavy (non-hydrogen) atoms. The second-order valence-electron chi connectivity index (χ2n) is 7.26. The lowest BCUT2D eigenvalue weighted by molar-refractivity contribution is -0.136. The minimum absolute atomic E-state index is 0.0364. The first-order valence-electron chi connectivity index (χ1n) is 9.94. The Bertz CT molecular complexity index is 1110. The topological polar surface area (TPSA) is 86.6 Å². The van der Waals surface area contributed by atoms with E-state index in [4.69, 9.17) is 9.47 Å². The van der Waals surface area contributed by atoms with Crippen LogP contribution in [0.2, 0.25) is 0 Å². The van der Waals surface area contributed by atoms with Crippen LogP contribution in [-0.4, -0.2) is 46.3 Å². The van der Waals surface area contributed by atoms with Crippen LogP contribution in [-0.2, 0) is 11.3 Å². The molecule has 8 nitrogen and oxygen atoms in total. The van der Waals surface area contributed by atoms with Gasteiger partial charge in [0, 0.05) is 24.3 Å². The minimum Gasteiger partial charge on any atom is -0.493 e. The first-order valence-corrected chi connectivity index (χ1v) is 9.94. The number of ether oxygens (including phenoxy) is 2. The maximum absolute atomic E-state index is 13.2. The number of likely N-dealkylation sites (tertiary alicyclic amines) is 1. The van der Waals surface area contributed by atoms with E-state index in [1.165, 1.54) is 18.9 Å². The van der Waals surface area contributed by atoms with Crippen LogP contribution in [0.5, 0.6) is 11.5 Å². The van der Waals surface area contributed by atoms with Crippen molar-refractivity contribution in [2.45, 2.75) is 31.8 Å². The molecule has 2 aromatic heterocycles. The molecule has 1 aliphatic heterocycles. The van der Waals surface area contributed by atoms with E-state index in [0.29, 0.717) is 28.8 Å². The number of hydrogen-bond donors (Lipinski definition) is 0. The Morgan fingerprint density at radius 2 is 2.03 bits per heavy atom. The van der Waals surface area contributed by atoms with E-state index in [1.807, 2.05) is 17.0 Å². The highest BCUT2D eigenvalue weighted by Crippen LogP contribution is 2.33. The first kappa shape index (κ1) is 19.9. The molecule has 3 aromatic rings. The van der Waals surface area contributed by atoms with Crippen LogP contribution in [0.15, 0.2) is 47.7 Å². The summed E-state index contributed by atoms with van der Waals surface area (Å²) in [7, 11) is 3.00. The fourth-order valence-corrected chi connectivity index (χ4v) is 4.07. The molecular weight excluding hydrogens is 384 g/mol. The van der Waals surface area contributed by atoms with Gasteiger partial charge in [-0.1, -0.05) is 6.07 Å². The maximum Gasteiger partial charge on any atom is 0.279 e. The smallest absolute Gasteiger partial charge is 0.279 e. The number of rotatable bonds is 5. The Hall–Kier alpha value is -3.42. The summed E-state index contributed by atoms with van der Waals surface area (Å²) in [4.78, 5) is 32.3. The van der Waals surface area contributed by atoms with Crippen molar-refractivity contribution in [2.24, 2.45) is 0 Å². The number of amides is 1. The van der Waals surface area contributed by atoms with Crippen molar-refractivity contribution in [3.63, 3.8) is 0 Å². The molecule has 0 radical (unpaired) electrons. The molecule has 0 bridgehead atoms. The molecule has 156 valence electrons. The molecule has 1 aromatic carbocycles. The van der Waals surface area contributed by atoms with Crippen molar-refractivity contribution in [1.82, 2.24) is 19.7 Å². The lowest BCUT2D eigenvalue weighted by Gasteiger charge is -2.36. The van der Waals surface area contributed by atoms with Gasteiger partial charge in [0.25, 0.3) is 5.56 Å². The van der Waals surface area contributed by atoms with Crippen molar-refractivity contribution in [3.05, 3.63) is 58.8 Å². The molecular formula is C22H24N4O4. The van der Waals surface area contributed by atoms with Crippen molar-refractivity contribution in [1.29, 1.82) is 0 Å². The summed E-state index contributed by atoms with van der Waals surface area (Å²) in [6.07, 6.45) is 7.96. The average molecular weight is 408 g/mol. The highest BCUT2D eigenvalue weighted by Gasteiger charge is 2.28. The Morgan fingerprint density at radius 3 is 2.77 bits per heavy atom. The van der Waals surface area contributed by atoms with Gasteiger partial charge in [-0.2, -0.15) is 5.10 Å². The summed E-state index contributed by atoms with van der Waals surface area (Å²) in [5, 5.41) is 5.20. The lowest BCUT2D eigenvalue weighted by Crippen LogP contribution is -2.42. The minimum atomic E-state index is -0.383. The predicted octanol–water partition coefficient (Wildman–Crippen LogP) is 2.56. The normalized spacial score (nSPS) is 16.5. The Kier molecular flexibility index (Phi) is 5.65. The molecule has 1 aliphatic rings. The quantitative estimate of drug-likeness (QED) is 0.645. The number of hydrogen-bond acceptors (Lipinski definition) is 6. The highest BCUT2D eigenvalue weighted by molar-refractivity contribution is 5.89. The van der Waals surface area contributed by atoms with E-state index in [9.17, 15) is 9.59 Å². The van der Waals surface area contributed by atoms with Gasteiger partial charge < -0.3 is 14.4 Å². The zero-order chi connectivity index (χ0) is 21.1. The SMILES string of the molecule is COc1ccc2cnn(CC(=O)N3CCCC[C@@H]3c3cccnc3)c(=O)c2c1OC. The molecule has 1 amide bonds. The molecule has 3 heterocycles. The first-order chi connectivity index (χ1) is 14.6. The zero-order valence-corrected chi connectivity index (χ0v) is 17.1. The monoisotopic (exact) mass is 408 g/mol. The van der Waals surface area contributed by atoms with Crippen molar-refractivity contribution in [3.8, 4) is 11.5 Å². The van der Waals surface area contributed by atoms with Gasteiger partial charge >= 0.3 is 0 Å². The molecule has 1 saturated heterocycles. The van der Waals surface area contributed by atoms with Gasteiger partial charge in [0.05, 0.1) is 31.8 Å².